The zero-order chi connectivity index (χ0) is 24.1. The number of urea groups is 1. The molecule has 3 rings (SSSR count). The molecule has 0 bridgehead atoms. The SMILES string of the molecule is C=C(Nc1ccc(NC(N)=O)cc1)c1c(F)cc(OCCOC)cc1N=CC.[B]1CCCC1. The summed E-state index contributed by atoms with van der Waals surface area (Å²) in [5.74, 6) is -0.159. The van der Waals surface area contributed by atoms with Gasteiger partial charge < -0.3 is 25.8 Å². The average Bonchev–Trinajstić information content (AvgIpc) is 3.35. The van der Waals surface area contributed by atoms with Crippen LogP contribution in [0.5, 0.6) is 5.75 Å². The lowest BCUT2D eigenvalue weighted by molar-refractivity contribution is 0.146. The van der Waals surface area contributed by atoms with Crippen LogP contribution in [0.1, 0.15) is 25.3 Å². The lowest BCUT2D eigenvalue weighted by atomic mass is 9.77. The zero-order valence-corrected chi connectivity index (χ0v) is 19.2. The number of amides is 2. The Morgan fingerprint density at radius 2 is 1.82 bits per heavy atom. The molecule has 1 heterocycles. The number of nitrogens with one attached hydrogen (secondary N) is 2. The second-order valence-corrected chi connectivity index (χ2v) is 7.27. The highest BCUT2D eigenvalue weighted by Crippen LogP contribution is 2.33. The summed E-state index contributed by atoms with van der Waals surface area (Å²) in [5.41, 5.74) is 7.24. The highest BCUT2D eigenvalue weighted by Gasteiger charge is 2.15. The number of methoxy groups -OCH3 is 1. The van der Waals surface area contributed by atoms with Crippen LogP contribution in [0, 0.1) is 5.82 Å². The summed E-state index contributed by atoms with van der Waals surface area (Å²) in [6, 6.07) is 9.01. The minimum Gasteiger partial charge on any atom is -0.491 e. The molecule has 1 fully saturated rings. The summed E-state index contributed by atoms with van der Waals surface area (Å²) >= 11 is 0. The van der Waals surface area contributed by atoms with Gasteiger partial charge in [-0.1, -0.05) is 32.1 Å². The van der Waals surface area contributed by atoms with Crippen LogP contribution in [0.15, 0.2) is 48.0 Å². The number of carbonyl (C=O) groups is 1. The first-order valence-electron chi connectivity index (χ1n) is 10.8. The van der Waals surface area contributed by atoms with E-state index in [1.165, 1.54) is 31.5 Å². The van der Waals surface area contributed by atoms with Gasteiger partial charge in [-0.25, -0.2) is 9.18 Å². The summed E-state index contributed by atoms with van der Waals surface area (Å²) < 4.78 is 25.2. The highest BCUT2D eigenvalue weighted by atomic mass is 19.1. The maximum atomic E-state index is 14.8. The molecule has 0 aromatic heterocycles. The van der Waals surface area contributed by atoms with Gasteiger partial charge in [0.1, 0.15) is 25.5 Å². The van der Waals surface area contributed by atoms with Crippen LogP contribution in [0.2, 0.25) is 12.6 Å². The van der Waals surface area contributed by atoms with Gasteiger partial charge in [0.2, 0.25) is 0 Å². The fourth-order valence-electron chi connectivity index (χ4n) is 3.17. The van der Waals surface area contributed by atoms with E-state index in [1.807, 2.05) is 0 Å². The first-order chi connectivity index (χ1) is 15.9. The molecule has 4 N–H and O–H groups in total. The summed E-state index contributed by atoms with van der Waals surface area (Å²) in [4.78, 5) is 15.1. The van der Waals surface area contributed by atoms with Crippen molar-refractivity contribution >= 4 is 42.3 Å². The van der Waals surface area contributed by atoms with Gasteiger partial charge in [-0.15, -0.1) is 0 Å². The van der Waals surface area contributed by atoms with Crippen molar-refractivity contribution in [3.05, 3.63) is 54.4 Å². The van der Waals surface area contributed by atoms with E-state index >= 15 is 0 Å². The number of hydrogen-bond donors (Lipinski definition) is 3. The second-order valence-electron chi connectivity index (χ2n) is 7.27. The predicted molar refractivity (Wildman–Crippen MR) is 135 cm³/mol. The molecule has 0 saturated carbocycles. The Hall–Kier alpha value is -3.33. The van der Waals surface area contributed by atoms with Gasteiger partial charge in [0.25, 0.3) is 0 Å². The van der Waals surface area contributed by atoms with Crippen LogP contribution in [-0.2, 0) is 4.74 Å². The molecule has 2 aromatic rings. The maximum absolute atomic E-state index is 14.8. The standard InChI is InChI=1S/C20H23FN4O3.C4H8B/c1-4-23-18-12-16(28-10-9-27-3)11-17(21)19(18)13(2)24-14-5-7-15(8-6-14)25-20(22)26;1-2-4-5-3-1/h4-8,11-12,24H,2,9-10H2,1,3H3,(H3,22,25,26);1-4H2. The van der Waals surface area contributed by atoms with Crippen molar-refractivity contribution < 1.29 is 18.7 Å². The van der Waals surface area contributed by atoms with Crippen molar-refractivity contribution in [2.75, 3.05) is 31.0 Å². The number of nitrogens with two attached hydrogens (primary N) is 1. The molecule has 1 aliphatic heterocycles. The number of halogens is 1. The molecular formula is C24H31BFN4O3. The Morgan fingerprint density at radius 1 is 1.18 bits per heavy atom. The third kappa shape index (κ3) is 8.98. The molecule has 0 aliphatic carbocycles. The van der Waals surface area contributed by atoms with Gasteiger partial charge in [-0.3, -0.25) is 4.99 Å². The minimum atomic E-state index is -0.651. The number of hydrogen-bond acceptors (Lipinski definition) is 5. The molecule has 33 heavy (non-hydrogen) atoms. The first-order valence-corrected chi connectivity index (χ1v) is 10.8. The number of carbonyl (C=O) groups excluding carboxylic acids is 1. The van der Waals surface area contributed by atoms with Gasteiger partial charge >= 0.3 is 6.03 Å². The highest BCUT2D eigenvalue weighted by molar-refractivity contribution is 6.36. The van der Waals surface area contributed by atoms with Crippen molar-refractivity contribution in [3.63, 3.8) is 0 Å². The second kappa shape index (κ2) is 14.0. The molecule has 2 amide bonds. The lowest BCUT2D eigenvalue weighted by Gasteiger charge is -2.15. The van der Waals surface area contributed by atoms with Gasteiger partial charge in [0.05, 0.1) is 17.9 Å². The zero-order valence-electron chi connectivity index (χ0n) is 19.2. The van der Waals surface area contributed by atoms with Gasteiger partial charge in [-0.2, -0.15) is 0 Å². The number of anilines is 2. The number of rotatable bonds is 9. The quantitative estimate of drug-likeness (QED) is 0.267. The number of nitrogens with zero attached hydrogens (tertiary/aromatic N) is 1. The smallest absolute Gasteiger partial charge is 0.316 e. The van der Waals surface area contributed by atoms with Gasteiger partial charge in [0.15, 0.2) is 0 Å². The van der Waals surface area contributed by atoms with E-state index in [1.54, 1.807) is 50.6 Å². The molecule has 1 radical (unpaired) electrons. The van der Waals surface area contributed by atoms with Gasteiger partial charge in [-0.05, 0) is 31.2 Å². The fourth-order valence-corrected chi connectivity index (χ4v) is 3.17. The molecular weight excluding hydrogens is 422 g/mol. The Kier molecular flexibility index (Phi) is 11.0. The normalized spacial score (nSPS) is 12.5. The topological polar surface area (TPSA) is 98.0 Å². The van der Waals surface area contributed by atoms with E-state index in [-0.39, 0.29) is 5.56 Å². The van der Waals surface area contributed by atoms with Crippen molar-refractivity contribution in [1.82, 2.24) is 0 Å². The molecule has 1 aliphatic rings. The maximum Gasteiger partial charge on any atom is 0.316 e. The monoisotopic (exact) mass is 453 g/mol. The van der Waals surface area contributed by atoms with E-state index in [0.29, 0.717) is 41.7 Å². The summed E-state index contributed by atoms with van der Waals surface area (Å²) in [7, 11) is 3.92. The number of ether oxygens (including phenoxy) is 2. The minimum absolute atomic E-state index is 0.233. The Balaban J connectivity index is 0.000000678. The molecule has 0 spiro atoms. The van der Waals surface area contributed by atoms with Crippen molar-refractivity contribution in [3.8, 4) is 5.75 Å². The summed E-state index contributed by atoms with van der Waals surface area (Å²) in [6.45, 7) is 6.36. The van der Waals surface area contributed by atoms with Crippen LogP contribution in [0.25, 0.3) is 5.70 Å². The summed E-state index contributed by atoms with van der Waals surface area (Å²) in [5, 5.41) is 5.50. The Bertz CT molecular complexity index is 940. The van der Waals surface area contributed by atoms with Crippen molar-refractivity contribution in [2.24, 2.45) is 10.7 Å². The van der Waals surface area contributed by atoms with Crippen LogP contribution in [-0.4, -0.2) is 39.8 Å². The predicted octanol–water partition coefficient (Wildman–Crippen LogP) is 5.47. The number of aliphatic imine (C=N–C) groups is 1. The molecule has 9 heteroatoms. The third-order valence-electron chi connectivity index (χ3n) is 4.68. The molecule has 1 saturated heterocycles. The largest absolute Gasteiger partial charge is 0.491 e. The fraction of sp³-hybridized carbons (Fsp3) is 0.333. The van der Waals surface area contributed by atoms with E-state index in [2.05, 4.69) is 29.5 Å². The average molecular weight is 453 g/mol. The van der Waals surface area contributed by atoms with E-state index < -0.39 is 11.8 Å². The first kappa shape index (κ1) is 25.9. The van der Waals surface area contributed by atoms with Crippen molar-refractivity contribution in [1.29, 1.82) is 0 Å². The van der Waals surface area contributed by atoms with Gasteiger partial charge in [0, 0.05) is 42.5 Å². The molecule has 175 valence electrons. The van der Waals surface area contributed by atoms with E-state index in [4.69, 9.17) is 15.2 Å². The van der Waals surface area contributed by atoms with Crippen LogP contribution in [0.4, 0.5) is 26.2 Å². The summed E-state index contributed by atoms with van der Waals surface area (Å²) in [6.07, 6.45) is 7.20. The Labute approximate surface area is 195 Å². The number of benzene rings is 2. The van der Waals surface area contributed by atoms with E-state index in [9.17, 15) is 9.18 Å². The molecule has 0 unspecified atom stereocenters. The number of primary amides is 1. The third-order valence-corrected chi connectivity index (χ3v) is 4.68. The molecule has 7 nitrogen and oxygen atoms in total. The van der Waals surface area contributed by atoms with Crippen LogP contribution >= 0.6 is 0 Å². The molecule has 0 atom stereocenters. The lowest BCUT2D eigenvalue weighted by Crippen LogP contribution is -2.19. The van der Waals surface area contributed by atoms with Crippen LogP contribution in [0.3, 0.4) is 0 Å². The Morgan fingerprint density at radius 3 is 2.33 bits per heavy atom. The van der Waals surface area contributed by atoms with Crippen LogP contribution < -0.4 is 21.1 Å². The van der Waals surface area contributed by atoms with Crippen molar-refractivity contribution in [2.45, 2.75) is 32.4 Å². The van der Waals surface area contributed by atoms with E-state index in [0.717, 1.165) is 0 Å². The molecule has 2 aromatic carbocycles.